The van der Waals surface area contributed by atoms with Crippen LogP contribution >= 0.6 is 0 Å². The molecule has 0 radical (unpaired) electrons. The van der Waals surface area contributed by atoms with E-state index in [0.29, 0.717) is 0 Å². The maximum Gasteiger partial charge on any atom is 0.0689 e. The SMILES string of the molecule is CN.NN.O=[N+]([O-])[O-].[NH4+].[NH4+].[NH4+].[O-][Cl+3]([O-])([O-])[O-].[O-][Cl+3]([O-])([O-])[O-]. The lowest BCUT2D eigenvalue weighted by molar-refractivity contribution is -2.00. The molecule has 0 heterocycles. The van der Waals surface area contributed by atoms with Gasteiger partial charge in [0.05, 0.1) is 5.09 Å². The van der Waals surface area contributed by atoms with Gasteiger partial charge in [0.1, 0.15) is 0 Å². The molecular weight excluding hydrogens is 357 g/mol. The molecule has 0 rings (SSSR count). The quantitative estimate of drug-likeness (QED) is 0.129. The smallest absolute Gasteiger partial charge is 0.0689 e. The first kappa shape index (κ1) is 50.0. The number of hydrogen-bond acceptors (Lipinski definition) is 14. The van der Waals surface area contributed by atoms with Gasteiger partial charge in [0.15, 0.2) is 0 Å². The third kappa shape index (κ3) is 9370. The molecule has 140 valence electrons. The number of halogens is 2. The number of nitrogens with zero attached hydrogens (tertiary/aromatic N) is 1. The van der Waals surface area contributed by atoms with Crippen molar-refractivity contribution in [2.24, 2.45) is 17.4 Å². The lowest BCUT2D eigenvalue weighted by Crippen LogP contribution is -2.68. The molecule has 0 fully saturated rings. The molecule has 0 saturated carbocycles. The van der Waals surface area contributed by atoms with Crippen molar-refractivity contribution in [1.29, 1.82) is 0 Å². The highest BCUT2D eigenvalue weighted by Gasteiger charge is 1.84. The van der Waals surface area contributed by atoms with Gasteiger partial charge in [0.25, 0.3) is 0 Å². The summed E-state index contributed by atoms with van der Waals surface area (Å²) in [6.45, 7) is 0. The van der Waals surface area contributed by atoms with Crippen LogP contribution in [-0.4, -0.2) is 12.1 Å². The minimum atomic E-state index is -4.94. The van der Waals surface area contributed by atoms with Gasteiger partial charge < -0.3 is 39.5 Å². The van der Waals surface area contributed by atoms with Gasteiger partial charge in [-0.05, 0) is 7.05 Å². The Bertz CT molecular complexity index is 132. The molecule has 18 nitrogen and oxygen atoms in total. The number of nitrogens with two attached hydrogens (primary N) is 3. The highest BCUT2D eigenvalue weighted by atomic mass is 35.7. The van der Waals surface area contributed by atoms with E-state index in [4.69, 9.17) is 52.6 Å². The fourth-order valence-electron chi connectivity index (χ4n) is 0. The van der Waals surface area contributed by atoms with E-state index >= 15 is 0 Å². The molecule has 0 unspecified atom stereocenters. The van der Waals surface area contributed by atoms with Gasteiger partial charge in [-0.25, -0.2) is 37.3 Å². The van der Waals surface area contributed by atoms with Crippen LogP contribution in [0.1, 0.15) is 0 Å². The molecule has 0 aromatic heterocycles. The third-order valence-corrected chi connectivity index (χ3v) is 0. The predicted molar refractivity (Wildman–Crippen MR) is 46.8 cm³/mol. The van der Waals surface area contributed by atoms with Crippen molar-refractivity contribution >= 4 is 0 Å². The van der Waals surface area contributed by atoms with Crippen LogP contribution in [0.4, 0.5) is 0 Å². The van der Waals surface area contributed by atoms with E-state index in [0.717, 1.165) is 0 Å². The zero-order chi connectivity index (χ0) is 16.6. The average Bonchev–Trinajstić information content (AvgIpc) is 2.03. The van der Waals surface area contributed by atoms with Crippen LogP contribution in [0.2, 0.25) is 0 Å². The lowest BCUT2D eigenvalue weighted by Gasteiger charge is -2.17. The van der Waals surface area contributed by atoms with E-state index in [1.807, 2.05) is 0 Å². The van der Waals surface area contributed by atoms with Crippen LogP contribution in [0.25, 0.3) is 0 Å². The summed E-state index contributed by atoms with van der Waals surface area (Å²) in [5, 5.41) is 14.8. The summed E-state index contributed by atoms with van der Waals surface area (Å²) in [6, 6.07) is 0. The van der Waals surface area contributed by atoms with Gasteiger partial charge in [0, 0.05) is 0 Å². The molecule has 0 amide bonds. The second kappa shape index (κ2) is 31.6. The van der Waals surface area contributed by atoms with Crippen LogP contribution in [0.5, 0.6) is 0 Å². The van der Waals surface area contributed by atoms with Gasteiger partial charge in [-0.15, -0.1) is 20.5 Å². The predicted octanol–water partition coefficient (Wildman–Crippen LogP) is -10.2. The van der Waals surface area contributed by atoms with Crippen molar-refractivity contribution in [2.45, 2.75) is 0 Å². The second-order valence-electron chi connectivity index (χ2n) is 0.980. The van der Waals surface area contributed by atoms with Gasteiger partial charge in [-0.1, -0.05) is 0 Å². The zero-order valence-electron chi connectivity index (χ0n) is 11.4. The topological polar surface area (TPSA) is 438 Å². The molecule has 0 spiro atoms. The number of rotatable bonds is 0. The van der Waals surface area contributed by atoms with Crippen LogP contribution in [0.3, 0.4) is 0 Å². The summed E-state index contributed by atoms with van der Waals surface area (Å²) in [5.41, 5.74) is 4.50. The van der Waals surface area contributed by atoms with E-state index in [9.17, 15) is 0 Å². The van der Waals surface area contributed by atoms with Crippen molar-refractivity contribution in [3.8, 4) is 0 Å². The molecule has 20 heteroatoms. The first-order valence-corrected chi connectivity index (χ1v) is 5.16. The van der Waals surface area contributed by atoms with Crippen LogP contribution in [-0.2, 0) is 0 Å². The van der Waals surface area contributed by atoms with Crippen molar-refractivity contribution in [3.05, 3.63) is 15.3 Å². The molecular formula is CH21Cl2N7O11. The van der Waals surface area contributed by atoms with Crippen molar-refractivity contribution in [1.82, 2.24) is 18.5 Å². The molecule has 0 aromatic carbocycles. The Hall–Kier alpha value is -0.780. The Labute approximate surface area is 122 Å². The highest BCUT2D eigenvalue weighted by Crippen LogP contribution is 1.50. The van der Waals surface area contributed by atoms with Crippen molar-refractivity contribution in [2.75, 3.05) is 7.05 Å². The Morgan fingerprint density at radius 1 is 0.667 bits per heavy atom. The highest BCUT2D eigenvalue weighted by molar-refractivity contribution is 4.03. The van der Waals surface area contributed by atoms with Gasteiger partial charge in [0.2, 0.25) is 0 Å². The lowest BCUT2D eigenvalue weighted by atomic mass is 11.6. The fourth-order valence-corrected chi connectivity index (χ4v) is 0. The maximum atomic E-state index is 8.49. The molecule has 21 heavy (non-hydrogen) atoms. The minimum absolute atomic E-state index is 0. The van der Waals surface area contributed by atoms with Gasteiger partial charge in [-0.2, -0.15) is 0 Å². The summed E-state index contributed by atoms with van der Waals surface area (Å²) in [5.74, 6) is 8.00. The largest absolute Gasteiger partial charge is 0.369 e. The molecule has 0 atom stereocenters. The Morgan fingerprint density at radius 2 is 0.667 bits per heavy atom. The summed E-state index contributed by atoms with van der Waals surface area (Å²) >= 11 is 0. The summed E-state index contributed by atoms with van der Waals surface area (Å²) in [7, 11) is -8.39. The molecule has 0 aliphatic heterocycles. The third-order valence-electron chi connectivity index (χ3n) is 0. The zero-order valence-corrected chi connectivity index (χ0v) is 12.9. The first-order chi connectivity index (χ1) is 7.73. The summed E-state index contributed by atoms with van der Waals surface area (Å²) in [4.78, 5) is 8.25. The van der Waals surface area contributed by atoms with E-state index in [2.05, 4.69) is 17.4 Å². The molecule has 18 N–H and O–H groups in total. The number of hydrogen-bond donors (Lipinski definition) is 6. The molecule has 0 saturated heterocycles. The summed E-state index contributed by atoms with van der Waals surface area (Å²) in [6.07, 6.45) is 0. The fraction of sp³-hybridized carbons (Fsp3) is 1.00. The van der Waals surface area contributed by atoms with E-state index < -0.39 is 25.6 Å². The molecule has 0 aliphatic carbocycles. The van der Waals surface area contributed by atoms with Crippen LogP contribution < -0.4 is 73.1 Å². The number of hydrazine groups is 1. The van der Waals surface area contributed by atoms with Gasteiger partial charge >= 0.3 is 0 Å². The molecule has 0 bridgehead atoms. The monoisotopic (exact) mass is 377 g/mol. The normalized spacial score (nSPS) is 7.43. The van der Waals surface area contributed by atoms with E-state index in [1.54, 1.807) is 0 Å². The second-order valence-corrected chi connectivity index (χ2v) is 2.49. The van der Waals surface area contributed by atoms with Crippen LogP contribution in [0, 0.1) is 35.8 Å². The Kier molecular flexibility index (Phi) is 75.2. The van der Waals surface area contributed by atoms with Gasteiger partial charge in [-0.3, -0.25) is 11.7 Å². The minimum Gasteiger partial charge on any atom is -0.369 e. The standard InChI is InChI=1S/CH5N.2ClHO4.H4N2.NO3.3H3N/c1-2;2*2-1(3,4)5;1-2;2-1(3)4;;;/h2H2,1H3;2*(H,2,3,4,5);1-2H2;;3*1H3/q;;;;-1;;;/p+1. The maximum absolute atomic E-state index is 8.49. The van der Waals surface area contributed by atoms with Crippen LogP contribution in [0.15, 0.2) is 0 Å². The van der Waals surface area contributed by atoms with E-state index in [1.165, 1.54) is 7.05 Å². The molecule has 0 aliphatic rings. The van der Waals surface area contributed by atoms with Crippen molar-refractivity contribution in [3.63, 3.8) is 0 Å². The average molecular weight is 378 g/mol. The Balaban J connectivity index is -0.0000000169. The first-order valence-electron chi connectivity index (χ1n) is 2.69. The Morgan fingerprint density at radius 3 is 0.667 bits per heavy atom. The van der Waals surface area contributed by atoms with E-state index in [-0.39, 0.29) is 18.5 Å². The van der Waals surface area contributed by atoms with Crippen molar-refractivity contribution < 1.29 is 62.8 Å². The number of quaternary nitrogens is 3. The molecule has 0 aromatic rings. The summed E-state index contributed by atoms with van der Waals surface area (Å²) < 4.78 is 67.9.